The summed E-state index contributed by atoms with van der Waals surface area (Å²) in [7, 11) is 0. The van der Waals surface area contributed by atoms with Gasteiger partial charge in [-0.3, -0.25) is 0 Å². The van der Waals surface area contributed by atoms with E-state index < -0.39 is 0 Å². The Morgan fingerprint density at radius 3 is 2.63 bits per heavy atom. The molecule has 3 saturated carbocycles. The molecule has 3 aliphatic carbocycles. The van der Waals surface area contributed by atoms with Crippen LogP contribution in [0.25, 0.3) is 0 Å². The van der Waals surface area contributed by atoms with Crippen molar-refractivity contribution in [3.63, 3.8) is 0 Å². The third kappa shape index (κ3) is 3.00. The van der Waals surface area contributed by atoms with Crippen molar-refractivity contribution in [2.24, 2.45) is 11.3 Å². The molecule has 1 N–H and O–H groups in total. The molecule has 0 aliphatic heterocycles. The summed E-state index contributed by atoms with van der Waals surface area (Å²) in [6.07, 6.45) is 14.4. The Balaban J connectivity index is 1.51. The maximum Gasteiger partial charge on any atom is 0.0661 e. The number of hydrogen-bond acceptors (Lipinski definition) is 2. The minimum absolute atomic E-state index is 0.511. The molecule has 3 fully saturated rings. The molecule has 19 heavy (non-hydrogen) atoms. The van der Waals surface area contributed by atoms with Crippen molar-refractivity contribution in [2.45, 2.75) is 83.3 Å². The average Bonchev–Trinajstić information content (AvgIpc) is 3.26. The second-order valence-corrected chi connectivity index (χ2v) is 7.13. The monoisotopic (exact) mass is 265 g/mol. The Hall–Kier alpha value is -0.0800. The number of nitrogens with one attached hydrogen (secondary N) is 1. The molecule has 0 radical (unpaired) electrons. The van der Waals surface area contributed by atoms with Crippen molar-refractivity contribution < 1.29 is 4.74 Å². The Morgan fingerprint density at radius 1 is 1.16 bits per heavy atom. The van der Waals surface area contributed by atoms with Crippen LogP contribution in [0, 0.1) is 11.3 Å². The zero-order valence-electron chi connectivity index (χ0n) is 12.6. The summed E-state index contributed by atoms with van der Waals surface area (Å²) >= 11 is 0. The molecule has 3 aliphatic rings. The maximum atomic E-state index is 6.29. The quantitative estimate of drug-likeness (QED) is 0.754. The summed E-state index contributed by atoms with van der Waals surface area (Å²) in [5.41, 5.74) is 0.511. The molecular weight excluding hydrogens is 234 g/mol. The van der Waals surface area contributed by atoms with Crippen molar-refractivity contribution in [2.75, 3.05) is 13.2 Å². The summed E-state index contributed by atoms with van der Waals surface area (Å²) in [6.45, 7) is 4.47. The molecule has 0 heterocycles. The molecule has 2 unspecified atom stereocenters. The van der Waals surface area contributed by atoms with E-state index >= 15 is 0 Å². The van der Waals surface area contributed by atoms with E-state index in [9.17, 15) is 0 Å². The van der Waals surface area contributed by atoms with E-state index in [4.69, 9.17) is 4.74 Å². The van der Waals surface area contributed by atoms with Gasteiger partial charge < -0.3 is 10.1 Å². The standard InChI is InChI=1S/C17H31NO/c1-2-11-18-15-13-16(19-12-8-14-6-7-14)17(15)9-4-3-5-10-17/h14-16,18H,2-13H2,1H3. The molecule has 2 heteroatoms. The van der Waals surface area contributed by atoms with Gasteiger partial charge in [0.2, 0.25) is 0 Å². The third-order valence-corrected chi connectivity index (χ3v) is 5.75. The van der Waals surface area contributed by atoms with Crippen LogP contribution in [0.5, 0.6) is 0 Å². The SMILES string of the molecule is CCCNC1CC(OCCC2CC2)C12CCCCC2. The second kappa shape index (κ2) is 6.13. The van der Waals surface area contributed by atoms with Gasteiger partial charge in [0.1, 0.15) is 0 Å². The van der Waals surface area contributed by atoms with Crippen LogP contribution in [0.1, 0.15) is 71.1 Å². The van der Waals surface area contributed by atoms with E-state index in [-0.39, 0.29) is 0 Å². The van der Waals surface area contributed by atoms with Crippen LogP contribution in [0.3, 0.4) is 0 Å². The van der Waals surface area contributed by atoms with Gasteiger partial charge in [-0.1, -0.05) is 39.0 Å². The summed E-state index contributed by atoms with van der Waals surface area (Å²) in [6, 6.07) is 0.749. The number of rotatable bonds is 7. The summed E-state index contributed by atoms with van der Waals surface area (Å²) < 4.78 is 6.29. The Labute approximate surface area is 118 Å². The van der Waals surface area contributed by atoms with Gasteiger partial charge in [0.15, 0.2) is 0 Å². The smallest absolute Gasteiger partial charge is 0.0661 e. The lowest BCUT2D eigenvalue weighted by Crippen LogP contribution is -2.64. The topological polar surface area (TPSA) is 21.3 Å². The molecule has 0 saturated heterocycles. The van der Waals surface area contributed by atoms with Crippen molar-refractivity contribution in [1.82, 2.24) is 5.32 Å². The summed E-state index contributed by atoms with van der Waals surface area (Å²) in [5.74, 6) is 1.01. The molecule has 0 bridgehead atoms. The molecule has 0 aromatic carbocycles. The molecule has 110 valence electrons. The van der Waals surface area contributed by atoms with Gasteiger partial charge >= 0.3 is 0 Å². The Morgan fingerprint density at radius 2 is 1.95 bits per heavy atom. The first kappa shape index (κ1) is 13.9. The molecule has 2 nitrogen and oxygen atoms in total. The van der Waals surface area contributed by atoms with Crippen LogP contribution < -0.4 is 5.32 Å². The van der Waals surface area contributed by atoms with Crippen LogP contribution in [0.2, 0.25) is 0 Å². The molecule has 0 aromatic heterocycles. The predicted molar refractivity (Wildman–Crippen MR) is 79.3 cm³/mol. The van der Waals surface area contributed by atoms with Crippen molar-refractivity contribution in [1.29, 1.82) is 0 Å². The zero-order valence-corrected chi connectivity index (χ0v) is 12.6. The molecule has 0 amide bonds. The van der Waals surface area contributed by atoms with Crippen molar-refractivity contribution in [3.8, 4) is 0 Å². The largest absolute Gasteiger partial charge is 0.378 e. The first-order valence-electron chi connectivity index (χ1n) is 8.70. The highest BCUT2D eigenvalue weighted by Gasteiger charge is 2.55. The Bertz CT molecular complexity index is 281. The summed E-state index contributed by atoms with van der Waals surface area (Å²) in [4.78, 5) is 0. The average molecular weight is 265 g/mol. The highest BCUT2D eigenvalue weighted by Crippen LogP contribution is 2.53. The molecule has 0 aromatic rings. The van der Waals surface area contributed by atoms with Crippen LogP contribution in [0.4, 0.5) is 0 Å². The fourth-order valence-electron chi connectivity index (χ4n) is 4.25. The van der Waals surface area contributed by atoms with Gasteiger partial charge in [0, 0.05) is 18.1 Å². The van der Waals surface area contributed by atoms with Gasteiger partial charge in [-0.2, -0.15) is 0 Å². The first-order valence-corrected chi connectivity index (χ1v) is 8.70. The number of hydrogen-bond donors (Lipinski definition) is 1. The highest BCUT2D eigenvalue weighted by molar-refractivity contribution is 5.08. The molecule has 1 spiro atoms. The van der Waals surface area contributed by atoms with E-state index in [2.05, 4.69) is 12.2 Å². The van der Waals surface area contributed by atoms with Gasteiger partial charge in [0.25, 0.3) is 0 Å². The molecule has 2 atom stereocenters. The second-order valence-electron chi connectivity index (χ2n) is 7.13. The first-order chi connectivity index (χ1) is 9.35. The lowest BCUT2D eigenvalue weighted by molar-refractivity contribution is -0.153. The van der Waals surface area contributed by atoms with E-state index in [1.165, 1.54) is 70.8 Å². The minimum atomic E-state index is 0.511. The third-order valence-electron chi connectivity index (χ3n) is 5.75. The minimum Gasteiger partial charge on any atom is -0.378 e. The molecular formula is C17H31NO. The number of ether oxygens (including phenoxy) is 1. The summed E-state index contributed by atoms with van der Waals surface area (Å²) in [5, 5.41) is 3.79. The van der Waals surface area contributed by atoms with Gasteiger partial charge in [0.05, 0.1) is 6.10 Å². The van der Waals surface area contributed by atoms with E-state index in [1.54, 1.807) is 0 Å². The zero-order chi connectivity index (χ0) is 13.1. The fourth-order valence-corrected chi connectivity index (χ4v) is 4.25. The van der Waals surface area contributed by atoms with Crippen LogP contribution in [-0.4, -0.2) is 25.3 Å². The van der Waals surface area contributed by atoms with Crippen LogP contribution >= 0.6 is 0 Å². The Kier molecular flexibility index (Phi) is 4.48. The van der Waals surface area contributed by atoms with Gasteiger partial charge in [-0.05, 0) is 44.6 Å². The predicted octanol–water partition coefficient (Wildman–Crippen LogP) is 3.89. The fraction of sp³-hybridized carbons (Fsp3) is 1.00. The maximum absolute atomic E-state index is 6.29. The van der Waals surface area contributed by atoms with Crippen LogP contribution in [-0.2, 0) is 4.74 Å². The highest BCUT2D eigenvalue weighted by atomic mass is 16.5. The van der Waals surface area contributed by atoms with Crippen molar-refractivity contribution in [3.05, 3.63) is 0 Å². The lowest BCUT2D eigenvalue weighted by atomic mass is 9.55. The van der Waals surface area contributed by atoms with Gasteiger partial charge in [-0.25, -0.2) is 0 Å². The van der Waals surface area contributed by atoms with Gasteiger partial charge in [-0.15, -0.1) is 0 Å². The normalized spacial score (nSPS) is 33.3. The van der Waals surface area contributed by atoms with E-state index in [1.807, 2.05) is 0 Å². The van der Waals surface area contributed by atoms with E-state index in [0.717, 1.165) is 18.6 Å². The van der Waals surface area contributed by atoms with Crippen molar-refractivity contribution >= 4 is 0 Å². The lowest BCUT2D eigenvalue weighted by Gasteiger charge is -2.58. The van der Waals surface area contributed by atoms with E-state index in [0.29, 0.717) is 11.5 Å². The van der Waals surface area contributed by atoms with Crippen LogP contribution in [0.15, 0.2) is 0 Å². The molecule has 3 rings (SSSR count).